The molecule has 0 aliphatic carbocycles. The van der Waals surface area contributed by atoms with Crippen molar-refractivity contribution in [2.45, 2.75) is 139 Å². The molecule has 3 atom stereocenters. The number of hydrogen-bond donors (Lipinski definition) is 4. The number of piperidine rings is 3. The van der Waals surface area contributed by atoms with Gasteiger partial charge in [0.1, 0.15) is 11.3 Å². The number of rotatable bonds is 15. The monoisotopic (exact) mass is 1230 g/mol. The van der Waals surface area contributed by atoms with Gasteiger partial charge in [-0.3, -0.25) is 27.6 Å². The van der Waals surface area contributed by atoms with Gasteiger partial charge in [0.05, 0.1) is 18.3 Å². The van der Waals surface area contributed by atoms with E-state index in [2.05, 4.69) is 74.7 Å². The Morgan fingerprint density at radius 3 is 1.16 bits per heavy atom. The number of aliphatic hydroxyl groups excluding tert-OH is 3. The van der Waals surface area contributed by atoms with Gasteiger partial charge >= 0.3 is 0 Å². The molecule has 3 aromatic carbocycles. The predicted octanol–water partition coefficient (Wildman–Crippen LogP) is 10.9. The van der Waals surface area contributed by atoms with Crippen molar-refractivity contribution in [1.82, 2.24) is 42.9 Å². The van der Waals surface area contributed by atoms with Crippen molar-refractivity contribution < 1.29 is 20.4 Å². The predicted molar refractivity (Wildman–Crippen MR) is 363 cm³/mol. The number of aryl methyl sites for hydroxylation is 8. The Balaban J connectivity index is 0.000000161. The summed E-state index contributed by atoms with van der Waals surface area (Å²) in [5.74, 6) is 0.880. The molecule has 0 spiro atoms. The molecule has 0 radical (unpaired) electrons. The van der Waals surface area contributed by atoms with Crippen LogP contribution in [0.5, 0.6) is 5.75 Å². The third-order valence-corrected chi connectivity index (χ3v) is 19.2. The lowest BCUT2D eigenvalue weighted by Gasteiger charge is -2.34. The Bertz CT molecular complexity index is 4080. The molecule has 3 aliphatic rings. The number of aromatic nitrogens is 6. The van der Waals surface area contributed by atoms with E-state index in [9.17, 15) is 34.8 Å². The Kier molecular flexibility index (Phi) is 22.8. The highest BCUT2D eigenvalue weighted by Crippen LogP contribution is 2.34. The molecule has 9 aromatic rings. The van der Waals surface area contributed by atoms with E-state index < -0.39 is 18.3 Å². The number of likely N-dealkylation sites (tertiary alicyclic amines) is 3. The van der Waals surface area contributed by atoms with E-state index in [-0.39, 0.29) is 35.8 Å². The van der Waals surface area contributed by atoms with Crippen LogP contribution >= 0.6 is 0 Å². The van der Waals surface area contributed by atoms with Gasteiger partial charge in [0.2, 0.25) is 0 Å². The minimum atomic E-state index is -0.421. The number of nitrogens with zero attached hydrogens (tertiary/aromatic N) is 9. The summed E-state index contributed by atoms with van der Waals surface area (Å²) in [7, 11) is 0. The van der Waals surface area contributed by atoms with Gasteiger partial charge in [-0.1, -0.05) is 109 Å². The van der Waals surface area contributed by atoms with E-state index in [1.807, 2.05) is 120 Å². The molecule has 12 rings (SSSR count). The van der Waals surface area contributed by atoms with E-state index in [4.69, 9.17) is 0 Å². The largest absolute Gasteiger partial charge is 0.504 e. The number of pyridine rings is 3. The molecule has 9 heterocycles. The number of hydrogen-bond acceptors (Lipinski definition) is 13. The second kappa shape index (κ2) is 30.6. The molecule has 0 bridgehead atoms. The Morgan fingerprint density at radius 2 is 0.758 bits per heavy atom. The smallest absolute Gasteiger partial charge is 0.261 e. The molecule has 6 aromatic heterocycles. The van der Waals surface area contributed by atoms with Crippen LogP contribution < -0.4 is 16.7 Å². The molecule has 4 N–H and O–H groups in total. The molecule has 3 aliphatic heterocycles. The summed E-state index contributed by atoms with van der Waals surface area (Å²) < 4.78 is 4.76. The summed E-state index contributed by atoms with van der Waals surface area (Å²) in [5.41, 5.74) is 14.8. The van der Waals surface area contributed by atoms with E-state index in [0.717, 1.165) is 148 Å². The van der Waals surface area contributed by atoms with E-state index >= 15 is 0 Å². The Morgan fingerprint density at radius 1 is 0.418 bits per heavy atom. The lowest BCUT2D eigenvalue weighted by atomic mass is 9.87. The van der Waals surface area contributed by atoms with Crippen LogP contribution in [0.2, 0.25) is 0 Å². The highest BCUT2D eigenvalue weighted by atomic mass is 16.3. The van der Waals surface area contributed by atoms with Crippen LogP contribution in [0.1, 0.15) is 143 Å². The normalized spacial score (nSPS) is 16.6. The van der Waals surface area contributed by atoms with Gasteiger partial charge in [0.25, 0.3) is 16.7 Å². The van der Waals surface area contributed by atoms with Crippen LogP contribution in [0, 0.1) is 73.1 Å². The Hall–Kier alpha value is -7.70. The zero-order chi connectivity index (χ0) is 63.8. The lowest BCUT2D eigenvalue weighted by molar-refractivity contribution is 0.0591. The first-order valence-corrected chi connectivity index (χ1v) is 32.4. The summed E-state index contributed by atoms with van der Waals surface area (Å²) in [5, 5.41) is 42.4. The molecule has 0 saturated carbocycles. The first kappa shape index (κ1) is 67.7. The maximum Gasteiger partial charge on any atom is 0.261 e. The van der Waals surface area contributed by atoms with Crippen molar-refractivity contribution in [3.63, 3.8) is 0 Å². The quantitative estimate of drug-likeness (QED) is 0.0758. The van der Waals surface area contributed by atoms with Crippen molar-refractivity contribution in [2.75, 3.05) is 58.9 Å². The maximum absolute atomic E-state index is 13.0. The number of benzene rings is 3. The number of aromatic hydroxyl groups is 1. The van der Waals surface area contributed by atoms with Crippen molar-refractivity contribution in [3.8, 4) is 5.75 Å². The van der Waals surface area contributed by atoms with Gasteiger partial charge in [0.15, 0.2) is 11.4 Å². The number of fused-ring (bicyclic) bond motifs is 3. The molecular weight excluding hydrogens is 1140 g/mol. The third kappa shape index (κ3) is 16.5. The van der Waals surface area contributed by atoms with E-state index in [1.54, 1.807) is 27.3 Å². The number of aliphatic hydroxyl groups is 3. The van der Waals surface area contributed by atoms with E-state index in [0.29, 0.717) is 59.3 Å². The zero-order valence-corrected chi connectivity index (χ0v) is 53.9. The standard InChI is InChI=1S/C25H31N3O3.C25H31N3O2.C24H29N3O2.CH4/c1-16-4-6-19(7-5-16)23(30)20-8-11-27(12-9-20)13-10-21-18(3)26-24-22(29)14-17(2)15-28(24)25(21)31;1-17-4-7-20(8-5-17)24(29)21-10-13-27(14-11-21)15-12-22-19(3)26-23-9-6-18(2)16-28(23)25(22)30;1-17-6-8-19(9-7-17)23(28)20-10-14-26(15-11-20)16-12-21-18(2)25-22-5-3-4-13-27(22)24(21)29;/h4-7,14-15,20,23,29-30H,8-13H2,1-3H3;4-9,16,21,24,29H,10-15H2,1-3H3;3-9,13,20,23,28H,10-12,14-16H2,1-2H3;1H4. The molecule has 3 fully saturated rings. The zero-order valence-electron chi connectivity index (χ0n) is 53.9. The fourth-order valence-electron chi connectivity index (χ4n) is 13.4. The average Bonchev–Trinajstić information content (AvgIpc) is 1.01. The molecule has 0 amide bonds. The third-order valence-electron chi connectivity index (χ3n) is 19.2. The van der Waals surface area contributed by atoms with Crippen LogP contribution in [-0.4, -0.2) is 122 Å². The topological polar surface area (TPSA) is 194 Å². The van der Waals surface area contributed by atoms with Crippen molar-refractivity contribution in [3.05, 3.63) is 237 Å². The van der Waals surface area contributed by atoms with Crippen molar-refractivity contribution in [2.24, 2.45) is 17.8 Å². The molecule has 16 heteroatoms. The van der Waals surface area contributed by atoms with Crippen LogP contribution in [0.3, 0.4) is 0 Å². The summed E-state index contributed by atoms with van der Waals surface area (Å²) >= 11 is 0. The first-order chi connectivity index (χ1) is 43.3. The van der Waals surface area contributed by atoms with Gasteiger partial charge in [-0.2, -0.15) is 0 Å². The molecule has 482 valence electrons. The van der Waals surface area contributed by atoms with Crippen molar-refractivity contribution in [1.29, 1.82) is 0 Å². The summed E-state index contributed by atoms with van der Waals surface area (Å²) in [6.07, 6.45) is 12.0. The van der Waals surface area contributed by atoms with Gasteiger partial charge in [0, 0.05) is 72.0 Å². The molecule has 3 saturated heterocycles. The second-order valence-electron chi connectivity index (χ2n) is 25.8. The minimum Gasteiger partial charge on any atom is -0.504 e. The van der Waals surface area contributed by atoms with Gasteiger partial charge in [-0.15, -0.1) is 0 Å². The summed E-state index contributed by atoms with van der Waals surface area (Å²) in [4.78, 5) is 59.6. The fourth-order valence-corrected chi connectivity index (χ4v) is 13.4. The summed E-state index contributed by atoms with van der Waals surface area (Å²) in [6, 6.07) is 35.7. The van der Waals surface area contributed by atoms with E-state index in [1.165, 1.54) is 21.1 Å². The second-order valence-corrected chi connectivity index (χ2v) is 25.8. The summed E-state index contributed by atoms with van der Waals surface area (Å²) in [6.45, 7) is 23.8. The highest BCUT2D eigenvalue weighted by molar-refractivity contribution is 5.55. The minimum absolute atomic E-state index is 0. The van der Waals surface area contributed by atoms with Crippen LogP contribution in [-0.2, 0) is 19.3 Å². The van der Waals surface area contributed by atoms with Crippen LogP contribution in [0.4, 0.5) is 0 Å². The van der Waals surface area contributed by atoms with Gasteiger partial charge in [-0.05, 0) is 222 Å². The average molecular weight is 1230 g/mol. The van der Waals surface area contributed by atoms with Crippen molar-refractivity contribution >= 4 is 16.9 Å². The molecule has 91 heavy (non-hydrogen) atoms. The van der Waals surface area contributed by atoms with Gasteiger partial charge < -0.3 is 35.1 Å². The molecule has 16 nitrogen and oxygen atoms in total. The van der Waals surface area contributed by atoms with Gasteiger partial charge in [-0.25, -0.2) is 15.0 Å². The Labute approximate surface area is 536 Å². The molecule has 3 unspecified atom stereocenters. The highest BCUT2D eigenvalue weighted by Gasteiger charge is 2.30. The lowest BCUT2D eigenvalue weighted by Crippen LogP contribution is -2.37. The fraction of sp³-hybridized carbons (Fsp3) is 0.440. The SMILES string of the molecule is C.Cc1ccc(C(O)C2CCN(CCc3c(C)nc4c(O)cc(C)cn4c3=O)CC2)cc1.Cc1ccc(C(O)C2CCN(CCc3c(C)nc4ccc(C)cn4c3=O)CC2)cc1.Cc1ccc(C(O)C2CCN(CCc3c(C)nc4ccccn4c3=O)CC2)cc1. The molecular formula is C75H95N9O7. The maximum atomic E-state index is 13.0. The first-order valence-electron chi connectivity index (χ1n) is 32.4. The van der Waals surface area contributed by atoms with Crippen LogP contribution in [0.25, 0.3) is 16.9 Å². The van der Waals surface area contributed by atoms with Crippen LogP contribution in [0.15, 0.2) is 142 Å².